The van der Waals surface area contributed by atoms with Crippen LogP contribution in [0.1, 0.15) is 18.1 Å². The number of hydrogen-bond acceptors (Lipinski definition) is 5. The quantitative estimate of drug-likeness (QED) is 0.565. The predicted molar refractivity (Wildman–Crippen MR) is 98.6 cm³/mol. The lowest BCUT2D eigenvalue weighted by atomic mass is 10.0. The summed E-state index contributed by atoms with van der Waals surface area (Å²) in [7, 11) is -3.17. The molecule has 2 aromatic rings. The number of sulfone groups is 1. The van der Waals surface area contributed by atoms with E-state index in [9.17, 15) is 35.9 Å². The Hall–Kier alpha value is -2.97. The van der Waals surface area contributed by atoms with Crippen LogP contribution in [0.5, 0.6) is 0 Å². The van der Waals surface area contributed by atoms with Crippen LogP contribution in [0.3, 0.4) is 0 Å². The number of carbonyl (C=O) groups excluding carboxylic acids is 1. The molecule has 0 saturated carbocycles. The van der Waals surface area contributed by atoms with Gasteiger partial charge in [-0.15, -0.1) is 0 Å². The van der Waals surface area contributed by atoms with Crippen molar-refractivity contribution < 1.29 is 35.9 Å². The molecule has 0 saturated heterocycles. The van der Waals surface area contributed by atoms with Gasteiger partial charge < -0.3 is 10.0 Å². The highest BCUT2D eigenvalue weighted by atomic mass is 32.2. The molecular weight excluding hydrogens is 428 g/mol. The van der Waals surface area contributed by atoms with E-state index in [-0.39, 0.29) is 10.6 Å². The van der Waals surface area contributed by atoms with Gasteiger partial charge in [-0.25, -0.2) is 12.8 Å². The molecule has 1 N–H and O–H groups in total. The number of aliphatic hydroxyl groups is 1. The van der Waals surface area contributed by atoms with Gasteiger partial charge >= 0.3 is 6.18 Å². The lowest BCUT2D eigenvalue weighted by molar-refractivity contribution is -0.138. The Morgan fingerprint density at radius 1 is 1.17 bits per heavy atom. The van der Waals surface area contributed by atoms with Crippen molar-refractivity contribution in [1.29, 1.82) is 5.26 Å². The van der Waals surface area contributed by atoms with E-state index < -0.39 is 50.2 Å². The maximum absolute atomic E-state index is 13.1. The minimum absolute atomic E-state index is 0.300. The number of rotatable bonds is 5. The molecule has 1 atom stereocenters. The number of hydrogen-bond donors (Lipinski definition) is 1. The van der Waals surface area contributed by atoms with E-state index in [0.29, 0.717) is 11.0 Å². The second-order valence-electron chi connectivity index (χ2n) is 6.69. The number of carbonyl (C=O) groups is 1. The molecule has 0 aliphatic rings. The number of nitrogens with zero attached hydrogens (tertiary/aromatic N) is 2. The maximum atomic E-state index is 13.1. The highest BCUT2D eigenvalue weighted by Gasteiger charge is 2.40. The molecule has 2 aromatic carbocycles. The normalized spacial score (nSPS) is 13.9. The van der Waals surface area contributed by atoms with Crippen LogP contribution in [-0.2, 0) is 20.8 Å². The van der Waals surface area contributed by atoms with Crippen LogP contribution in [0.2, 0.25) is 0 Å². The summed E-state index contributed by atoms with van der Waals surface area (Å²) < 4.78 is 77.3. The summed E-state index contributed by atoms with van der Waals surface area (Å²) in [6.45, 7) is 0.904. The molecule has 0 fully saturated rings. The average molecular weight is 444 g/mol. The third-order valence-corrected chi connectivity index (χ3v) is 6.16. The fourth-order valence-electron chi connectivity index (χ4n) is 2.71. The summed E-state index contributed by atoms with van der Waals surface area (Å²) in [6.07, 6.45) is -4.86. The first kappa shape index (κ1) is 23.3. The zero-order chi connectivity index (χ0) is 22.9. The second kappa shape index (κ2) is 8.04. The minimum atomic E-state index is -4.86. The summed E-state index contributed by atoms with van der Waals surface area (Å²) in [6, 6.07) is 7.61. The van der Waals surface area contributed by atoms with E-state index in [2.05, 4.69) is 0 Å². The predicted octanol–water partition coefficient (Wildman–Crippen LogP) is 2.90. The van der Waals surface area contributed by atoms with Gasteiger partial charge in [0.1, 0.15) is 5.82 Å². The minimum Gasteiger partial charge on any atom is -0.379 e. The SMILES string of the molecule is CN(C(=O)C(C)(O)CS(=O)(=O)c1ccc(F)cc1)c1ccc(C#N)c(C(F)(F)F)c1. The average Bonchev–Trinajstić information content (AvgIpc) is 2.65. The Morgan fingerprint density at radius 2 is 1.73 bits per heavy atom. The van der Waals surface area contributed by atoms with Crippen LogP contribution in [0.4, 0.5) is 23.2 Å². The van der Waals surface area contributed by atoms with Crippen molar-refractivity contribution in [2.75, 3.05) is 17.7 Å². The number of benzene rings is 2. The Labute approximate surface area is 169 Å². The van der Waals surface area contributed by atoms with Crippen LogP contribution in [0.15, 0.2) is 47.4 Å². The van der Waals surface area contributed by atoms with Crippen LogP contribution in [0.25, 0.3) is 0 Å². The Balaban J connectivity index is 2.34. The van der Waals surface area contributed by atoms with Crippen LogP contribution < -0.4 is 4.90 Å². The molecule has 0 radical (unpaired) electrons. The molecular formula is C19H16F4N2O4S. The Morgan fingerprint density at radius 3 is 2.23 bits per heavy atom. The van der Waals surface area contributed by atoms with E-state index in [1.165, 1.54) is 6.07 Å². The standard InChI is InChI=1S/C19H16F4N2O4S/c1-18(27,11-30(28,29)15-7-4-13(20)5-8-15)17(26)25(2)14-6-3-12(10-24)16(9-14)19(21,22)23/h3-9,27H,11H2,1-2H3. The van der Waals surface area contributed by atoms with Crippen LogP contribution >= 0.6 is 0 Å². The molecule has 11 heteroatoms. The molecule has 160 valence electrons. The number of halogens is 4. The molecule has 1 unspecified atom stereocenters. The van der Waals surface area contributed by atoms with Crippen LogP contribution in [-0.4, -0.2) is 37.8 Å². The van der Waals surface area contributed by atoms with Gasteiger partial charge in [0, 0.05) is 12.7 Å². The smallest absolute Gasteiger partial charge is 0.379 e. The summed E-state index contributed by atoms with van der Waals surface area (Å²) >= 11 is 0. The van der Waals surface area contributed by atoms with Gasteiger partial charge in [0.25, 0.3) is 5.91 Å². The highest BCUT2D eigenvalue weighted by Crippen LogP contribution is 2.34. The number of amides is 1. The van der Waals surface area contributed by atoms with E-state index in [4.69, 9.17) is 5.26 Å². The monoisotopic (exact) mass is 444 g/mol. The van der Waals surface area contributed by atoms with Gasteiger partial charge in [-0.05, 0) is 49.4 Å². The van der Waals surface area contributed by atoms with Crippen molar-refractivity contribution in [2.24, 2.45) is 0 Å². The fourth-order valence-corrected chi connectivity index (χ4v) is 4.29. The lowest BCUT2D eigenvalue weighted by Crippen LogP contribution is -2.50. The first-order valence-corrected chi connectivity index (χ1v) is 9.94. The molecule has 0 aliphatic heterocycles. The molecule has 0 heterocycles. The van der Waals surface area contributed by atoms with Gasteiger partial charge in [-0.3, -0.25) is 4.79 Å². The van der Waals surface area contributed by atoms with E-state index in [0.717, 1.165) is 50.4 Å². The van der Waals surface area contributed by atoms with Crippen molar-refractivity contribution in [1.82, 2.24) is 0 Å². The zero-order valence-corrected chi connectivity index (χ0v) is 16.6. The van der Waals surface area contributed by atoms with Gasteiger partial charge in [-0.2, -0.15) is 18.4 Å². The van der Waals surface area contributed by atoms with Crippen molar-refractivity contribution in [3.63, 3.8) is 0 Å². The first-order chi connectivity index (χ1) is 13.7. The third-order valence-electron chi connectivity index (χ3n) is 4.23. The number of likely N-dealkylation sites (N-methyl/N-ethyl adjacent to an activating group) is 1. The van der Waals surface area contributed by atoms with Gasteiger partial charge in [0.15, 0.2) is 15.4 Å². The van der Waals surface area contributed by atoms with Crippen molar-refractivity contribution >= 4 is 21.4 Å². The molecule has 0 aromatic heterocycles. The number of anilines is 1. The molecule has 0 aliphatic carbocycles. The Kier molecular flexibility index (Phi) is 6.25. The number of nitriles is 1. The summed E-state index contributed by atoms with van der Waals surface area (Å²) in [5.74, 6) is -2.96. The van der Waals surface area contributed by atoms with Crippen molar-refractivity contribution in [3.8, 4) is 6.07 Å². The van der Waals surface area contributed by atoms with Gasteiger partial charge in [0.05, 0.1) is 27.8 Å². The summed E-state index contributed by atoms with van der Waals surface area (Å²) in [5, 5.41) is 19.3. The van der Waals surface area contributed by atoms with Gasteiger partial charge in [0.2, 0.25) is 0 Å². The molecule has 0 spiro atoms. The van der Waals surface area contributed by atoms with E-state index >= 15 is 0 Å². The Bertz CT molecular complexity index is 1100. The first-order valence-electron chi connectivity index (χ1n) is 8.29. The fraction of sp³-hybridized carbons (Fsp3) is 0.263. The van der Waals surface area contributed by atoms with E-state index in [1.807, 2.05) is 0 Å². The van der Waals surface area contributed by atoms with Crippen molar-refractivity contribution in [2.45, 2.75) is 23.6 Å². The summed E-state index contributed by atoms with van der Waals surface area (Å²) in [4.78, 5) is 13.0. The highest BCUT2D eigenvalue weighted by molar-refractivity contribution is 7.91. The van der Waals surface area contributed by atoms with E-state index in [1.54, 1.807) is 0 Å². The topological polar surface area (TPSA) is 98.5 Å². The third kappa shape index (κ3) is 4.95. The molecule has 6 nitrogen and oxygen atoms in total. The second-order valence-corrected chi connectivity index (χ2v) is 8.68. The molecule has 2 rings (SSSR count). The molecule has 1 amide bonds. The maximum Gasteiger partial charge on any atom is 0.417 e. The van der Waals surface area contributed by atoms with Crippen LogP contribution in [0, 0.1) is 17.1 Å². The summed E-state index contributed by atoms with van der Waals surface area (Å²) in [5.41, 5.74) is -4.74. The van der Waals surface area contributed by atoms with Crippen molar-refractivity contribution in [3.05, 3.63) is 59.4 Å². The zero-order valence-electron chi connectivity index (χ0n) is 15.7. The van der Waals surface area contributed by atoms with Gasteiger partial charge in [-0.1, -0.05) is 0 Å². The molecule has 30 heavy (non-hydrogen) atoms. The molecule has 0 bridgehead atoms. The largest absolute Gasteiger partial charge is 0.417 e. The number of alkyl halides is 3. The lowest BCUT2D eigenvalue weighted by Gasteiger charge is -2.28.